The number of halogens is 2. The summed E-state index contributed by atoms with van der Waals surface area (Å²) < 4.78 is 43.8. The molecule has 0 unspecified atom stereocenters. The fraction of sp³-hybridized carbons (Fsp3) is 0.0769. The first-order chi connectivity index (χ1) is 9.46. The highest BCUT2D eigenvalue weighted by atomic mass is 35.5. The molecule has 1 N–H and O–H groups in total. The second kappa shape index (κ2) is 4.73. The largest absolute Gasteiger partial charge is 0.382 e. The smallest absolute Gasteiger partial charge is 0.370 e. The van der Waals surface area contributed by atoms with Crippen molar-refractivity contribution < 1.29 is 17.0 Å². The van der Waals surface area contributed by atoms with E-state index in [0.717, 1.165) is 0 Å². The highest BCUT2D eigenvalue weighted by Crippen LogP contribution is 2.36. The molecule has 0 aliphatic carbocycles. The van der Waals surface area contributed by atoms with E-state index < -0.39 is 16.1 Å². The Hall–Kier alpha value is -1.63. The van der Waals surface area contributed by atoms with Gasteiger partial charge in [0.25, 0.3) is 0 Å². The summed E-state index contributed by atoms with van der Waals surface area (Å²) in [6, 6.07) is 9.44. The molecular weight excluding hydrogens is 305 g/mol. The zero-order valence-electron chi connectivity index (χ0n) is 10.1. The van der Waals surface area contributed by atoms with Gasteiger partial charge in [0.15, 0.2) is 5.75 Å². The first-order valence-corrected chi connectivity index (χ1v) is 7.51. The van der Waals surface area contributed by atoms with Gasteiger partial charge in [-0.05, 0) is 17.7 Å². The molecule has 2 aromatic carbocycles. The molecular formula is C13H9ClFNO3S. The highest BCUT2D eigenvalue weighted by Gasteiger charge is 2.24. The molecule has 104 valence electrons. The molecule has 1 aliphatic heterocycles. The summed E-state index contributed by atoms with van der Waals surface area (Å²) >= 11 is 5.64. The van der Waals surface area contributed by atoms with Gasteiger partial charge in [-0.3, -0.25) is 0 Å². The van der Waals surface area contributed by atoms with Gasteiger partial charge in [-0.15, -0.1) is 0 Å². The molecule has 2 aromatic rings. The van der Waals surface area contributed by atoms with Crippen molar-refractivity contribution in [2.45, 2.75) is 6.54 Å². The Balaban J connectivity index is 2.18. The first-order valence-electron chi connectivity index (χ1n) is 5.73. The van der Waals surface area contributed by atoms with Crippen LogP contribution >= 0.6 is 11.6 Å². The monoisotopic (exact) mass is 313 g/mol. The molecule has 0 saturated heterocycles. The van der Waals surface area contributed by atoms with Crippen LogP contribution in [0.4, 0.5) is 4.39 Å². The minimum Gasteiger partial charge on any atom is -0.370 e. The van der Waals surface area contributed by atoms with Gasteiger partial charge in [-0.1, -0.05) is 35.9 Å². The summed E-state index contributed by atoms with van der Waals surface area (Å²) in [5.74, 6) is -0.355. The van der Waals surface area contributed by atoms with E-state index in [9.17, 15) is 12.8 Å². The molecule has 0 bridgehead atoms. The van der Waals surface area contributed by atoms with Gasteiger partial charge in [0.05, 0.1) is 5.02 Å². The SMILES string of the molecule is O=S1(=O)NCc2cccc(-c3ccc(Cl)c(F)c3)c2O1. The third-order valence-corrected chi connectivity index (χ3v) is 4.15. The minimum atomic E-state index is -3.81. The number of para-hydroxylation sites is 1. The van der Waals surface area contributed by atoms with E-state index >= 15 is 0 Å². The van der Waals surface area contributed by atoms with Crippen molar-refractivity contribution >= 4 is 21.9 Å². The number of hydrogen-bond acceptors (Lipinski definition) is 3. The average molecular weight is 314 g/mol. The number of rotatable bonds is 1. The molecule has 1 heterocycles. The number of nitrogens with one attached hydrogen (secondary N) is 1. The summed E-state index contributed by atoms with van der Waals surface area (Å²) in [6.07, 6.45) is 0. The predicted molar refractivity (Wildman–Crippen MR) is 73.2 cm³/mol. The summed E-state index contributed by atoms with van der Waals surface area (Å²) in [5, 5.41) is 0.00811. The predicted octanol–water partition coefficient (Wildman–Crippen LogP) is 2.87. The Morgan fingerprint density at radius 2 is 2.05 bits per heavy atom. The van der Waals surface area contributed by atoms with Gasteiger partial charge in [-0.25, -0.2) is 4.39 Å². The maximum atomic E-state index is 13.5. The van der Waals surface area contributed by atoms with Crippen molar-refractivity contribution in [3.63, 3.8) is 0 Å². The van der Waals surface area contributed by atoms with Crippen LogP contribution < -0.4 is 8.91 Å². The van der Waals surface area contributed by atoms with Crippen LogP contribution in [0.5, 0.6) is 5.75 Å². The second-order valence-corrected chi connectivity index (χ2v) is 6.05. The zero-order valence-corrected chi connectivity index (χ0v) is 11.6. The summed E-state index contributed by atoms with van der Waals surface area (Å²) in [6.45, 7) is 0.140. The van der Waals surface area contributed by atoms with Crippen molar-refractivity contribution in [3.05, 3.63) is 52.8 Å². The fourth-order valence-electron chi connectivity index (χ4n) is 2.02. The van der Waals surface area contributed by atoms with Crippen LogP contribution in [0.25, 0.3) is 11.1 Å². The normalized spacial score (nSPS) is 16.3. The highest BCUT2D eigenvalue weighted by molar-refractivity contribution is 7.85. The summed E-state index contributed by atoms with van der Waals surface area (Å²) in [4.78, 5) is 0. The molecule has 0 aromatic heterocycles. The quantitative estimate of drug-likeness (QED) is 0.880. The molecule has 1 aliphatic rings. The van der Waals surface area contributed by atoms with Gasteiger partial charge in [-0.2, -0.15) is 13.1 Å². The van der Waals surface area contributed by atoms with Gasteiger partial charge in [0.2, 0.25) is 0 Å². The molecule has 0 spiro atoms. The van der Waals surface area contributed by atoms with Crippen LogP contribution in [-0.2, 0) is 16.8 Å². The van der Waals surface area contributed by atoms with Gasteiger partial charge in [0, 0.05) is 17.7 Å². The Labute approximate surface area is 120 Å². The van der Waals surface area contributed by atoms with Crippen molar-refractivity contribution in [1.29, 1.82) is 0 Å². The molecule has 0 saturated carbocycles. The molecule has 20 heavy (non-hydrogen) atoms. The van der Waals surface area contributed by atoms with E-state index in [1.165, 1.54) is 12.1 Å². The van der Waals surface area contributed by atoms with Gasteiger partial charge in [0.1, 0.15) is 5.82 Å². The fourth-order valence-corrected chi connectivity index (χ4v) is 2.94. The van der Waals surface area contributed by atoms with Crippen molar-refractivity contribution in [3.8, 4) is 16.9 Å². The third-order valence-electron chi connectivity index (χ3n) is 2.96. The lowest BCUT2D eigenvalue weighted by Gasteiger charge is -2.20. The van der Waals surface area contributed by atoms with Gasteiger partial charge >= 0.3 is 10.3 Å². The van der Waals surface area contributed by atoms with E-state index in [1.807, 2.05) is 0 Å². The molecule has 3 rings (SSSR count). The van der Waals surface area contributed by atoms with Crippen LogP contribution in [-0.4, -0.2) is 8.42 Å². The van der Waals surface area contributed by atoms with Crippen molar-refractivity contribution in [2.24, 2.45) is 0 Å². The number of hydrogen-bond donors (Lipinski definition) is 1. The van der Waals surface area contributed by atoms with Gasteiger partial charge < -0.3 is 4.18 Å². The first kappa shape index (κ1) is 13.4. The lowest BCUT2D eigenvalue weighted by molar-refractivity contribution is 0.454. The molecule has 0 radical (unpaired) electrons. The van der Waals surface area contributed by atoms with Crippen LogP contribution in [0.1, 0.15) is 5.56 Å². The van der Waals surface area contributed by atoms with E-state index in [0.29, 0.717) is 16.7 Å². The lowest BCUT2D eigenvalue weighted by atomic mass is 10.0. The topological polar surface area (TPSA) is 55.4 Å². The standard InChI is InChI=1S/C13H9ClFNO3S/c14-11-5-4-8(6-12(11)15)10-3-1-2-9-7-16-20(17,18)19-13(9)10/h1-6,16H,7H2. The van der Waals surface area contributed by atoms with E-state index in [2.05, 4.69) is 4.72 Å². The summed E-state index contributed by atoms with van der Waals surface area (Å²) in [5.41, 5.74) is 1.69. The number of benzene rings is 2. The maximum Gasteiger partial charge on any atom is 0.382 e. The van der Waals surface area contributed by atoms with Crippen LogP contribution in [0.15, 0.2) is 36.4 Å². The second-order valence-electron chi connectivity index (χ2n) is 4.28. The van der Waals surface area contributed by atoms with Crippen LogP contribution in [0.2, 0.25) is 5.02 Å². The van der Waals surface area contributed by atoms with E-state index in [4.69, 9.17) is 15.8 Å². The van der Waals surface area contributed by atoms with E-state index in [-0.39, 0.29) is 17.3 Å². The van der Waals surface area contributed by atoms with Crippen LogP contribution in [0, 0.1) is 5.82 Å². The molecule has 4 nitrogen and oxygen atoms in total. The molecule has 7 heteroatoms. The minimum absolute atomic E-state index is 0.00811. The Morgan fingerprint density at radius 1 is 1.25 bits per heavy atom. The Kier molecular flexibility index (Phi) is 3.16. The third kappa shape index (κ3) is 2.37. The van der Waals surface area contributed by atoms with E-state index in [1.54, 1.807) is 24.3 Å². The van der Waals surface area contributed by atoms with Crippen molar-refractivity contribution in [2.75, 3.05) is 0 Å². The zero-order chi connectivity index (χ0) is 14.3. The lowest BCUT2D eigenvalue weighted by Crippen LogP contribution is -2.32. The number of fused-ring (bicyclic) bond motifs is 1. The Bertz CT molecular complexity index is 792. The molecule has 0 amide bonds. The molecule has 0 atom stereocenters. The molecule has 0 fully saturated rings. The van der Waals surface area contributed by atoms with Crippen molar-refractivity contribution in [1.82, 2.24) is 4.72 Å². The average Bonchev–Trinajstić information content (AvgIpc) is 2.40. The summed E-state index contributed by atoms with van der Waals surface area (Å²) in [7, 11) is -3.81. The van der Waals surface area contributed by atoms with Crippen LogP contribution in [0.3, 0.4) is 0 Å². The maximum absolute atomic E-state index is 13.5. The Morgan fingerprint density at radius 3 is 2.80 bits per heavy atom.